The number of carboxylic acid groups (broad SMARTS) is 1. The zero-order valence-corrected chi connectivity index (χ0v) is 12.2. The quantitative estimate of drug-likeness (QED) is 0.867. The number of hydrogen-bond acceptors (Lipinski definition) is 4. The van der Waals surface area contributed by atoms with Gasteiger partial charge in [0.25, 0.3) is 0 Å². The SMILES string of the molecule is CC1(C(=O)O)COCC1NS(=O)(=O)c1ccccc1Cl. The van der Waals surface area contributed by atoms with Crippen LogP contribution in [-0.4, -0.2) is 38.7 Å². The summed E-state index contributed by atoms with van der Waals surface area (Å²) in [6.07, 6.45) is 0. The van der Waals surface area contributed by atoms with Gasteiger partial charge in [0.1, 0.15) is 10.3 Å². The molecule has 0 aromatic heterocycles. The molecule has 0 aliphatic carbocycles. The fraction of sp³-hybridized carbons (Fsp3) is 0.417. The minimum atomic E-state index is -3.90. The number of hydrogen-bond donors (Lipinski definition) is 2. The van der Waals surface area contributed by atoms with Crippen LogP contribution in [0.1, 0.15) is 6.92 Å². The van der Waals surface area contributed by atoms with Gasteiger partial charge in [-0.3, -0.25) is 4.79 Å². The summed E-state index contributed by atoms with van der Waals surface area (Å²) in [7, 11) is -3.90. The second kappa shape index (κ2) is 5.33. The van der Waals surface area contributed by atoms with E-state index in [0.29, 0.717) is 0 Å². The molecule has 1 fully saturated rings. The standard InChI is InChI=1S/C12H14ClNO5S/c1-12(11(15)16)7-19-6-10(12)14-20(17,18)9-5-3-2-4-8(9)13/h2-5,10,14H,6-7H2,1H3,(H,15,16). The highest BCUT2D eigenvalue weighted by Crippen LogP contribution is 2.30. The molecule has 0 amide bonds. The van der Waals surface area contributed by atoms with Crippen molar-refractivity contribution in [1.29, 1.82) is 0 Å². The third kappa shape index (κ3) is 2.67. The molecule has 1 heterocycles. The highest BCUT2D eigenvalue weighted by Gasteiger charge is 2.48. The molecule has 1 saturated heterocycles. The Labute approximate surface area is 121 Å². The van der Waals surface area contributed by atoms with E-state index in [0.717, 1.165) is 0 Å². The molecule has 20 heavy (non-hydrogen) atoms. The van der Waals surface area contributed by atoms with E-state index in [1.165, 1.54) is 19.1 Å². The van der Waals surface area contributed by atoms with E-state index < -0.39 is 27.4 Å². The van der Waals surface area contributed by atoms with Gasteiger partial charge < -0.3 is 9.84 Å². The third-order valence-electron chi connectivity index (χ3n) is 3.37. The fourth-order valence-electron chi connectivity index (χ4n) is 1.96. The van der Waals surface area contributed by atoms with Crippen LogP contribution in [0, 0.1) is 5.41 Å². The van der Waals surface area contributed by atoms with Gasteiger partial charge in [-0.25, -0.2) is 13.1 Å². The van der Waals surface area contributed by atoms with Crippen molar-refractivity contribution in [2.24, 2.45) is 5.41 Å². The Kier molecular flexibility index (Phi) is 4.06. The number of sulfonamides is 1. The molecular formula is C12H14ClNO5S. The third-order valence-corrected chi connectivity index (χ3v) is 5.34. The molecule has 1 aliphatic rings. The highest BCUT2D eigenvalue weighted by atomic mass is 35.5. The molecule has 1 aromatic rings. The smallest absolute Gasteiger partial charge is 0.313 e. The zero-order chi connectivity index (χ0) is 15.0. The molecule has 0 saturated carbocycles. The first-order chi connectivity index (χ1) is 9.27. The van der Waals surface area contributed by atoms with Crippen molar-refractivity contribution < 1.29 is 23.1 Å². The van der Waals surface area contributed by atoms with Crippen molar-refractivity contribution in [3.8, 4) is 0 Å². The molecular weight excluding hydrogens is 306 g/mol. The Morgan fingerprint density at radius 3 is 2.75 bits per heavy atom. The summed E-state index contributed by atoms with van der Waals surface area (Å²) in [5, 5.41) is 9.30. The van der Waals surface area contributed by atoms with E-state index in [4.69, 9.17) is 16.3 Å². The molecule has 2 N–H and O–H groups in total. The van der Waals surface area contributed by atoms with E-state index in [2.05, 4.69) is 4.72 Å². The number of ether oxygens (including phenoxy) is 1. The maximum absolute atomic E-state index is 12.3. The summed E-state index contributed by atoms with van der Waals surface area (Å²) in [6, 6.07) is 5.13. The molecule has 8 heteroatoms. The first kappa shape index (κ1) is 15.2. The van der Waals surface area contributed by atoms with Crippen molar-refractivity contribution in [3.63, 3.8) is 0 Å². The number of carboxylic acids is 1. The summed E-state index contributed by atoms with van der Waals surface area (Å²) in [6.45, 7) is 1.41. The fourth-order valence-corrected chi connectivity index (χ4v) is 3.81. The summed E-state index contributed by atoms with van der Waals surface area (Å²) in [5.41, 5.74) is -1.30. The molecule has 2 unspecified atom stereocenters. The summed E-state index contributed by atoms with van der Waals surface area (Å²) in [4.78, 5) is 11.2. The number of aliphatic carboxylic acids is 1. The maximum atomic E-state index is 12.3. The van der Waals surface area contributed by atoms with Gasteiger partial charge in [0.05, 0.1) is 24.3 Å². The molecule has 110 valence electrons. The second-order valence-corrected chi connectivity index (χ2v) is 6.93. The lowest BCUT2D eigenvalue weighted by molar-refractivity contribution is -0.148. The van der Waals surface area contributed by atoms with E-state index in [1.54, 1.807) is 12.1 Å². The number of carbonyl (C=O) groups is 1. The van der Waals surface area contributed by atoms with Crippen molar-refractivity contribution in [2.45, 2.75) is 17.9 Å². The monoisotopic (exact) mass is 319 g/mol. The van der Waals surface area contributed by atoms with Crippen molar-refractivity contribution in [2.75, 3.05) is 13.2 Å². The van der Waals surface area contributed by atoms with Crippen LogP contribution in [0.3, 0.4) is 0 Å². The lowest BCUT2D eigenvalue weighted by atomic mass is 9.86. The Hall–Kier alpha value is -1.15. The number of nitrogens with one attached hydrogen (secondary N) is 1. The van der Waals surface area contributed by atoms with Gasteiger partial charge in [0, 0.05) is 0 Å². The van der Waals surface area contributed by atoms with Gasteiger partial charge in [-0.1, -0.05) is 23.7 Å². The Morgan fingerprint density at radius 1 is 1.50 bits per heavy atom. The van der Waals surface area contributed by atoms with Gasteiger partial charge in [-0.2, -0.15) is 0 Å². The minimum absolute atomic E-state index is 0.00643. The van der Waals surface area contributed by atoms with Gasteiger partial charge in [0.15, 0.2) is 0 Å². The molecule has 0 radical (unpaired) electrons. The van der Waals surface area contributed by atoms with Crippen LogP contribution in [0.25, 0.3) is 0 Å². The first-order valence-electron chi connectivity index (χ1n) is 5.85. The van der Waals surface area contributed by atoms with Gasteiger partial charge >= 0.3 is 5.97 Å². The minimum Gasteiger partial charge on any atom is -0.481 e. The topological polar surface area (TPSA) is 92.7 Å². The van der Waals surface area contributed by atoms with Crippen LogP contribution < -0.4 is 4.72 Å². The highest BCUT2D eigenvalue weighted by molar-refractivity contribution is 7.89. The predicted molar refractivity (Wildman–Crippen MR) is 72.1 cm³/mol. The van der Waals surface area contributed by atoms with Crippen LogP contribution in [0.2, 0.25) is 5.02 Å². The molecule has 1 aromatic carbocycles. The molecule has 6 nitrogen and oxygen atoms in total. The summed E-state index contributed by atoms with van der Waals surface area (Å²) >= 11 is 5.86. The Morgan fingerprint density at radius 2 is 2.15 bits per heavy atom. The van der Waals surface area contributed by atoms with Crippen LogP contribution >= 0.6 is 11.6 Å². The zero-order valence-electron chi connectivity index (χ0n) is 10.7. The molecule has 1 aliphatic heterocycles. The van der Waals surface area contributed by atoms with Crippen LogP contribution in [0.15, 0.2) is 29.2 Å². The number of halogens is 1. The van der Waals surface area contributed by atoms with E-state index in [1.807, 2.05) is 0 Å². The first-order valence-corrected chi connectivity index (χ1v) is 7.71. The molecule has 2 atom stereocenters. The average Bonchev–Trinajstić information content (AvgIpc) is 2.72. The maximum Gasteiger partial charge on any atom is 0.313 e. The largest absolute Gasteiger partial charge is 0.481 e. The Balaban J connectivity index is 2.30. The Bertz CT molecular complexity index is 632. The van der Waals surface area contributed by atoms with Crippen molar-refractivity contribution in [1.82, 2.24) is 4.72 Å². The predicted octanol–water partition coefficient (Wildman–Crippen LogP) is 1.11. The van der Waals surface area contributed by atoms with E-state index >= 15 is 0 Å². The van der Waals surface area contributed by atoms with Gasteiger partial charge in [0.2, 0.25) is 10.0 Å². The van der Waals surface area contributed by atoms with E-state index in [9.17, 15) is 18.3 Å². The van der Waals surface area contributed by atoms with Gasteiger partial charge in [-0.15, -0.1) is 0 Å². The molecule has 2 rings (SSSR count). The second-order valence-electron chi connectivity index (χ2n) is 4.84. The molecule has 0 bridgehead atoms. The van der Waals surface area contributed by atoms with E-state index in [-0.39, 0.29) is 23.1 Å². The van der Waals surface area contributed by atoms with Crippen molar-refractivity contribution >= 4 is 27.6 Å². The average molecular weight is 320 g/mol. The van der Waals surface area contributed by atoms with Gasteiger partial charge in [-0.05, 0) is 19.1 Å². The summed E-state index contributed by atoms with van der Waals surface area (Å²) in [5.74, 6) is -1.11. The van der Waals surface area contributed by atoms with Crippen molar-refractivity contribution in [3.05, 3.63) is 29.3 Å². The number of benzene rings is 1. The summed E-state index contributed by atoms with van der Waals surface area (Å²) < 4.78 is 32.0. The van der Waals surface area contributed by atoms with Crippen LogP contribution in [0.4, 0.5) is 0 Å². The lowest BCUT2D eigenvalue weighted by Crippen LogP contribution is -2.49. The van der Waals surface area contributed by atoms with Crippen LogP contribution in [-0.2, 0) is 19.6 Å². The molecule has 0 spiro atoms. The number of rotatable bonds is 4. The van der Waals surface area contributed by atoms with Crippen LogP contribution in [0.5, 0.6) is 0 Å². The lowest BCUT2D eigenvalue weighted by Gasteiger charge is -2.25. The normalized spacial score (nSPS) is 26.6.